The highest BCUT2D eigenvalue weighted by Crippen LogP contribution is 2.33. The first kappa shape index (κ1) is 11.7. The average Bonchev–Trinajstić information content (AvgIpc) is 2.40. The van der Waals surface area contributed by atoms with E-state index >= 15 is 0 Å². The summed E-state index contributed by atoms with van der Waals surface area (Å²) in [4.78, 5) is 2.57. The van der Waals surface area contributed by atoms with Crippen LogP contribution in [0.2, 0.25) is 0 Å². The highest BCUT2D eigenvalue weighted by atomic mass is 16.5. The van der Waals surface area contributed by atoms with Crippen molar-refractivity contribution in [3.8, 4) is 0 Å². The van der Waals surface area contributed by atoms with E-state index in [2.05, 4.69) is 16.3 Å². The topological polar surface area (TPSA) is 24.5 Å². The van der Waals surface area contributed by atoms with Crippen LogP contribution in [-0.2, 0) is 4.74 Å². The molecule has 2 fully saturated rings. The van der Waals surface area contributed by atoms with Crippen LogP contribution in [0.15, 0.2) is 11.6 Å². The predicted octanol–water partition coefficient (Wildman–Crippen LogP) is 1.41. The number of nitrogens with zero attached hydrogens (tertiary/aromatic N) is 1. The third-order valence-electron chi connectivity index (χ3n) is 4.50. The summed E-state index contributed by atoms with van der Waals surface area (Å²) in [7, 11) is 0. The molecule has 0 aromatic carbocycles. The maximum Gasteiger partial charge on any atom is 0.0594 e. The number of hydrogen-bond donors (Lipinski definition) is 1. The molecule has 3 aliphatic rings. The van der Waals surface area contributed by atoms with Gasteiger partial charge in [-0.05, 0) is 25.2 Å². The summed E-state index contributed by atoms with van der Waals surface area (Å²) >= 11 is 0. The Kier molecular flexibility index (Phi) is 3.79. The zero-order chi connectivity index (χ0) is 11.5. The summed E-state index contributed by atoms with van der Waals surface area (Å²) in [5.41, 5.74) is 1.74. The van der Waals surface area contributed by atoms with Gasteiger partial charge in [-0.3, -0.25) is 4.90 Å². The Balaban J connectivity index is 1.60. The van der Waals surface area contributed by atoms with Crippen molar-refractivity contribution in [2.45, 2.75) is 31.7 Å². The second kappa shape index (κ2) is 5.51. The minimum absolute atomic E-state index is 0.688. The lowest BCUT2D eigenvalue weighted by Crippen LogP contribution is -2.51. The van der Waals surface area contributed by atoms with Crippen molar-refractivity contribution in [1.29, 1.82) is 0 Å². The molecule has 1 saturated carbocycles. The summed E-state index contributed by atoms with van der Waals surface area (Å²) in [6, 6.07) is 0.688. The molecule has 3 heteroatoms. The smallest absolute Gasteiger partial charge is 0.0594 e. The van der Waals surface area contributed by atoms with Crippen LogP contribution in [0, 0.1) is 5.92 Å². The van der Waals surface area contributed by atoms with Crippen molar-refractivity contribution < 1.29 is 4.74 Å². The van der Waals surface area contributed by atoms with Crippen molar-refractivity contribution in [3.63, 3.8) is 0 Å². The average molecular weight is 236 g/mol. The van der Waals surface area contributed by atoms with Gasteiger partial charge in [-0.2, -0.15) is 0 Å². The van der Waals surface area contributed by atoms with Gasteiger partial charge in [-0.15, -0.1) is 0 Å². The molecule has 96 valence electrons. The van der Waals surface area contributed by atoms with Gasteiger partial charge in [0.15, 0.2) is 0 Å². The second-order valence-corrected chi connectivity index (χ2v) is 5.56. The van der Waals surface area contributed by atoms with E-state index in [0.717, 1.165) is 38.8 Å². The highest BCUT2D eigenvalue weighted by molar-refractivity contribution is 5.16. The van der Waals surface area contributed by atoms with Crippen LogP contribution >= 0.6 is 0 Å². The fraction of sp³-hybridized carbons (Fsp3) is 0.857. The second-order valence-electron chi connectivity index (χ2n) is 5.56. The van der Waals surface area contributed by atoms with Crippen LogP contribution in [0.25, 0.3) is 0 Å². The third-order valence-corrected chi connectivity index (χ3v) is 4.50. The Bertz CT molecular complexity index is 284. The molecule has 2 aliphatic heterocycles. The number of fused-ring (bicyclic) bond motifs is 1. The lowest BCUT2D eigenvalue weighted by molar-refractivity contribution is 0.0301. The first-order valence-electron chi connectivity index (χ1n) is 7.16. The number of rotatable bonds is 2. The molecule has 0 amide bonds. The van der Waals surface area contributed by atoms with E-state index in [0.29, 0.717) is 6.04 Å². The van der Waals surface area contributed by atoms with E-state index in [4.69, 9.17) is 4.74 Å². The number of morpholine rings is 1. The van der Waals surface area contributed by atoms with Crippen LogP contribution < -0.4 is 5.32 Å². The summed E-state index contributed by atoms with van der Waals surface area (Å²) in [6.45, 7) is 6.36. The number of hydrogen-bond acceptors (Lipinski definition) is 3. The minimum atomic E-state index is 0.688. The Labute approximate surface area is 104 Å². The number of ether oxygens (including phenoxy) is 1. The van der Waals surface area contributed by atoms with Crippen molar-refractivity contribution in [1.82, 2.24) is 10.2 Å². The van der Waals surface area contributed by atoms with Gasteiger partial charge >= 0.3 is 0 Å². The molecule has 1 N–H and O–H groups in total. The van der Waals surface area contributed by atoms with Crippen molar-refractivity contribution in [2.75, 3.05) is 39.4 Å². The molecular formula is C14H24N2O. The van der Waals surface area contributed by atoms with Gasteiger partial charge in [0.2, 0.25) is 0 Å². The monoisotopic (exact) mass is 236 g/mol. The van der Waals surface area contributed by atoms with Crippen LogP contribution in [0.1, 0.15) is 25.7 Å². The lowest BCUT2D eigenvalue weighted by atomic mass is 9.77. The summed E-state index contributed by atoms with van der Waals surface area (Å²) in [6.07, 6.45) is 8.02. The molecule has 0 bridgehead atoms. The molecule has 0 spiro atoms. The van der Waals surface area contributed by atoms with E-state index in [1.165, 1.54) is 32.2 Å². The standard InChI is InChI=1S/C14H24N2O/c1-2-4-13-12(3-1)5-6-15-14(13)11-16-7-9-17-10-8-16/h5,13-15H,1-4,6-11H2. The molecular weight excluding hydrogens is 212 g/mol. The third kappa shape index (κ3) is 2.72. The van der Waals surface area contributed by atoms with Crippen molar-refractivity contribution in [3.05, 3.63) is 11.6 Å². The first-order valence-corrected chi connectivity index (χ1v) is 7.16. The van der Waals surface area contributed by atoms with Crippen LogP contribution in [-0.4, -0.2) is 50.3 Å². The van der Waals surface area contributed by atoms with Crippen molar-refractivity contribution >= 4 is 0 Å². The Morgan fingerprint density at radius 1 is 1.29 bits per heavy atom. The van der Waals surface area contributed by atoms with Gasteiger partial charge in [0, 0.05) is 32.2 Å². The van der Waals surface area contributed by atoms with E-state index in [-0.39, 0.29) is 0 Å². The summed E-state index contributed by atoms with van der Waals surface area (Å²) in [5, 5.41) is 3.71. The quantitative estimate of drug-likeness (QED) is 0.734. The van der Waals surface area contributed by atoms with Gasteiger partial charge in [-0.25, -0.2) is 0 Å². The first-order chi connectivity index (χ1) is 8.43. The Hall–Kier alpha value is -0.380. The molecule has 2 heterocycles. The molecule has 3 rings (SSSR count). The van der Waals surface area contributed by atoms with Crippen LogP contribution in [0.5, 0.6) is 0 Å². The summed E-state index contributed by atoms with van der Waals surface area (Å²) in [5.74, 6) is 0.820. The molecule has 2 unspecified atom stereocenters. The normalized spacial score (nSPS) is 35.2. The molecule has 1 saturated heterocycles. The summed E-state index contributed by atoms with van der Waals surface area (Å²) < 4.78 is 5.42. The zero-order valence-corrected chi connectivity index (χ0v) is 10.7. The van der Waals surface area contributed by atoms with Gasteiger partial charge in [0.1, 0.15) is 0 Å². The minimum Gasteiger partial charge on any atom is -0.379 e. The van der Waals surface area contributed by atoms with Crippen LogP contribution in [0.4, 0.5) is 0 Å². The van der Waals surface area contributed by atoms with E-state index in [1.54, 1.807) is 5.57 Å². The predicted molar refractivity (Wildman–Crippen MR) is 69.1 cm³/mol. The molecule has 1 aliphatic carbocycles. The van der Waals surface area contributed by atoms with Gasteiger partial charge in [0.05, 0.1) is 13.2 Å². The maximum atomic E-state index is 5.42. The highest BCUT2D eigenvalue weighted by Gasteiger charge is 2.30. The van der Waals surface area contributed by atoms with E-state index in [1.807, 2.05) is 0 Å². The van der Waals surface area contributed by atoms with Crippen molar-refractivity contribution in [2.24, 2.45) is 5.92 Å². The fourth-order valence-corrected chi connectivity index (χ4v) is 3.51. The van der Waals surface area contributed by atoms with Gasteiger partial charge < -0.3 is 10.1 Å². The molecule has 17 heavy (non-hydrogen) atoms. The van der Waals surface area contributed by atoms with Crippen LogP contribution in [0.3, 0.4) is 0 Å². The van der Waals surface area contributed by atoms with E-state index < -0.39 is 0 Å². The largest absolute Gasteiger partial charge is 0.379 e. The molecule has 0 radical (unpaired) electrons. The maximum absolute atomic E-state index is 5.42. The Morgan fingerprint density at radius 2 is 2.18 bits per heavy atom. The molecule has 0 aromatic heterocycles. The van der Waals surface area contributed by atoms with E-state index in [9.17, 15) is 0 Å². The Morgan fingerprint density at radius 3 is 3.06 bits per heavy atom. The fourth-order valence-electron chi connectivity index (χ4n) is 3.51. The molecule has 0 aromatic rings. The molecule has 3 nitrogen and oxygen atoms in total. The lowest BCUT2D eigenvalue weighted by Gasteiger charge is -2.40. The van der Waals surface area contributed by atoms with Gasteiger partial charge in [-0.1, -0.05) is 18.1 Å². The number of nitrogens with one attached hydrogen (secondary N) is 1. The van der Waals surface area contributed by atoms with Gasteiger partial charge in [0.25, 0.3) is 0 Å². The molecule has 2 atom stereocenters. The SMILES string of the molecule is C1=C2CCCCC2C(CN2CCOCC2)NC1. The zero-order valence-electron chi connectivity index (χ0n) is 10.7.